The highest BCUT2D eigenvalue weighted by Gasteiger charge is 2.54. The van der Waals surface area contributed by atoms with Gasteiger partial charge in [0.1, 0.15) is 42.5 Å². The van der Waals surface area contributed by atoms with Gasteiger partial charge < -0.3 is 51.8 Å². The number of hydrogen-bond donors (Lipinski definition) is 0. The standard InChI is InChI=1S/C59H63N2O13P/c1-41(2)61(42(3)4)75(70-37-36-60-5)74-52-51(40-68-55(62)43-20-12-8-13-21-43)71-58(54(73-57(64)45-24-16-10-17-25-45)53(52)72-56(63)44-22-14-9-15-23-44)67-38-39-69-59(46-26-18-11-19-27-46,47-28-32-49(65-6)33-29-47)48-30-34-50(66-7)35-31-48/h8-35,41-42,51-54,58H,36-40H2,1-4,6-7H3. The second kappa shape index (κ2) is 27.5. The first-order valence-corrected chi connectivity index (χ1v) is 25.8. The summed E-state index contributed by atoms with van der Waals surface area (Å²) in [5, 5.41) is 0. The van der Waals surface area contributed by atoms with E-state index >= 15 is 0 Å². The van der Waals surface area contributed by atoms with Gasteiger partial charge in [-0.05, 0) is 105 Å². The van der Waals surface area contributed by atoms with Gasteiger partial charge in [0.2, 0.25) is 6.54 Å². The van der Waals surface area contributed by atoms with E-state index in [2.05, 4.69) is 4.85 Å². The van der Waals surface area contributed by atoms with Crippen LogP contribution in [0.4, 0.5) is 0 Å². The average molecular weight is 1040 g/mol. The Morgan fingerprint density at radius 2 is 1.04 bits per heavy atom. The van der Waals surface area contributed by atoms with Crippen molar-refractivity contribution in [1.29, 1.82) is 0 Å². The van der Waals surface area contributed by atoms with E-state index in [4.69, 9.17) is 53.5 Å². The van der Waals surface area contributed by atoms with E-state index in [0.717, 1.165) is 16.7 Å². The molecule has 15 nitrogen and oxygen atoms in total. The first-order chi connectivity index (χ1) is 36.5. The number of rotatable bonds is 25. The minimum Gasteiger partial charge on any atom is -0.497 e. The quantitative estimate of drug-likeness (QED) is 0.0134. The maximum Gasteiger partial charge on any atom is 0.338 e. The molecule has 75 heavy (non-hydrogen) atoms. The van der Waals surface area contributed by atoms with Crippen LogP contribution in [0.1, 0.15) is 75.5 Å². The number of carbonyl (C=O) groups excluding carboxylic acids is 3. The van der Waals surface area contributed by atoms with Crippen LogP contribution >= 0.6 is 8.53 Å². The van der Waals surface area contributed by atoms with Crippen LogP contribution in [0.3, 0.4) is 0 Å². The summed E-state index contributed by atoms with van der Waals surface area (Å²) in [5.74, 6) is -0.891. The molecule has 0 aliphatic carbocycles. The van der Waals surface area contributed by atoms with E-state index in [1.54, 1.807) is 105 Å². The van der Waals surface area contributed by atoms with Crippen molar-refractivity contribution < 1.29 is 61.3 Å². The van der Waals surface area contributed by atoms with Crippen LogP contribution in [0.25, 0.3) is 4.85 Å². The Kier molecular flexibility index (Phi) is 20.5. The molecule has 6 aromatic carbocycles. The molecule has 0 spiro atoms. The lowest BCUT2D eigenvalue weighted by atomic mass is 9.80. The number of benzene rings is 6. The Hall–Kier alpha value is -6.99. The minimum atomic E-state index is -2.08. The van der Waals surface area contributed by atoms with Crippen LogP contribution in [-0.2, 0) is 43.1 Å². The summed E-state index contributed by atoms with van der Waals surface area (Å²) in [4.78, 5) is 46.0. The zero-order valence-electron chi connectivity index (χ0n) is 42.9. The van der Waals surface area contributed by atoms with Crippen molar-refractivity contribution in [3.63, 3.8) is 0 Å². The fourth-order valence-corrected chi connectivity index (χ4v) is 10.5. The molecule has 392 valence electrons. The van der Waals surface area contributed by atoms with Crippen LogP contribution in [0.2, 0.25) is 0 Å². The maximum absolute atomic E-state index is 14.4. The summed E-state index contributed by atoms with van der Waals surface area (Å²) < 4.78 is 66.0. The highest BCUT2D eigenvalue weighted by Crippen LogP contribution is 2.50. The van der Waals surface area contributed by atoms with Gasteiger partial charge in [0.25, 0.3) is 8.53 Å². The van der Waals surface area contributed by atoms with Gasteiger partial charge in [0.05, 0.1) is 44.1 Å². The molecule has 6 aromatic rings. The lowest BCUT2D eigenvalue weighted by molar-refractivity contribution is -0.298. The van der Waals surface area contributed by atoms with Crippen LogP contribution in [0, 0.1) is 6.57 Å². The Balaban J connectivity index is 1.32. The third-order valence-electron chi connectivity index (χ3n) is 12.2. The van der Waals surface area contributed by atoms with E-state index < -0.39 is 69.3 Å². The largest absolute Gasteiger partial charge is 0.497 e. The molecule has 1 fully saturated rings. The molecule has 1 saturated heterocycles. The number of nitrogens with zero attached hydrogens (tertiary/aromatic N) is 2. The van der Waals surface area contributed by atoms with E-state index in [9.17, 15) is 14.4 Å². The van der Waals surface area contributed by atoms with Gasteiger partial charge in [0, 0.05) is 12.1 Å². The lowest BCUT2D eigenvalue weighted by Crippen LogP contribution is -2.62. The van der Waals surface area contributed by atoms with Crippen molar-refractivity contribution in [2.75, 3.05) is 47.2 Å². The monoisotopic (exact) mass is 1040 g/mol. The summed E-state index contributed by atoms with van der Waals surface area (Å²) in [6, 6.07) is 49.8. The molecule has 0 bridgehead atoms. The summed E-state index contributed by atoms with van der Waals surface area (Å²) in [5.41, 5.74) is 1.83. The zero-order chi connectivity index (χ0) is 53.2. The fourth-order valence-electron chi connectivity index (χ4n) is 8.71. The molecule has 16 heteroatoms. The van der Waals surface area contributed by atoms with E-state index in [0.29, 0.717) is 11.5 Å². The van der Waals surface area contributed by atoms with Crippen molar-refractivity contribution in [1.82, 2.24) is 4.67 Å². The van der Waals surface area contributed by atoms with Crippen LogP contribution in [0.15, 0.2) is 170 Å². The van der Waals surface area contributed by atoms with Crippen molar-refractivity contribution in [3.8, 4) is 11.5 Å². The molecule has 0 aromatic heterocycles. The minimum absolute atomic E-state index is 0.0104. The van der Waals surface area contributed by atoms with Crippen LogP contribution in [-0.4, -0.2) is 113 Å². The van der Waals surface area contributed by atoms with Gasteiger partial charge in [-0.25, -0.2) is 25.6 Å². The molecule has 1 aliphatic rings. The molecule has 1 heterocycles. The van der Waals surface area contributed by atoms with E-state index in [-0.39, 0.29) is 55.1 Å². The molecule has 1 aliphatic heterocycles. The third-order valence-corrected chi connectivity index (χ3v) is 14.3. The Morgan fingerprint density at radius 1 is 0.587 bits per heavy atom. The van der Waals surface area contributed by atoms with E-state index in [1.165, 1.54) is 0 Å². The second-order valence-electron chi connectivity index (χ2n) is 17.8. The smallest absolute Gasteiger partial charge is 0.338 e. The Labute approximate surface area is 440 Å². The molecular weight excluding hydrogens is 976 g/mol. The SMILES string of the molecule is [C-]#[N+]CCOP(OC1C(COC(=O)c2ccccc2)OC(OCCOC(c2ccccc2)(c2ccc(OC)cc2)c2ccc(OC)cc2)C(OC(=O)c2ccccc2)C1OC(=O)c1ccccc1)N(C(C)C)C(C)C. The fraction of sp³-hybridized carbons (Fsp3) is 0.322. The number of methoxy groups -OCH3 is 2. The normalized spacial score (nSPS) is 17.9. The van der Waals surface area contributed by atoms with Gasteiger partial charge in [-0.15, -0.1) is 0 Å². The molecule has 0 saturated carbocycles. The summed E-state index contributed by atoms with van der Waals surface area (Å²) in [7, 11) is 1.13. The Bertz CT molecular complexity index is 2690. The van der Waals surface area contributed by atoms with Gasteiger partial charge >= 0.3 is 17.9 Å². The average Bonchev–Trinajstić information content (AvgIpc) is 3.44. The van der Waals surface area contributed by atoms with E-state index in [1.807, 2.05) is 111 Å². The second-order valence-corrected chi connectivity index (χ2v) is 19.2. The maximum atomic E-state index is 14.4. The number of carbonyl (C=O) groups is 3. The summed E-state index contributed by atoms with van der Waals surface area (Å²) in [6.07, 6.45) is -7.11. The third kappa shape index (κ3) is 14.2. The van der Waals surface area contributed by atoms with Crippen LogP contribution < -0.4 is 9.47 Å². The first-order valence-electron chi connectivity index (χ1n) is 24.7. The first kappa shape index (κ1) is 55.8. The molecular formula is C59H63N2O13P. The number of esters is 3. The van der Waals surface area contributed by atoms with Gasteiger partial charge in [0.15, 0.2) is 18.5 Å². The van der Waals surface area contributed by atoms with Crippen molar-refractivity contribution >= 4 is 26.4 Å². The summed E-state index contributed by atoms with van der Waals surface area (Å²) >= 11 is 0. The Morgan fingerprint density at radius 3 is 1.51 bits per heavy atom. The molecule has 0 N–H and O–H groups in total. The van der Waals surface area contributed by atoms with Crippen LogP contribution in [0.5, 0.6) is 11.5 Å². The highest BCUT2D eigenvalue weighted by atomic mass is 31.2. The predicted octanol–water partition coefficient (Wildman–Crippen LogP) is 10.7. The summed E-state index contributed by atoms with van der Waals surface area (Å²) in [6.45, 7) is 14.8. The molecule has 0 radical (unpaired) electrons. The molecule has 7 rings (SSSR count). The van der Waals surface area contributed by atoms with Gasteiger partial charge in [-0.1, -0.05) is 109 Å². The van der Waals surface area contributed by atoms with Crippen molar-refractivity contribution in [3.05, 3.63) is 215 Å². The molecule has 6 atom stereocenters. The predicted molar refractivity (Wildman–Crippen MR) is 282 cm³/mol. The van der Waals surface area contributed by atoms with Gasteiger partial charge in [-0.3, -0.25) is 0 Å². The lowest BCUT2D eigenvalue weighted by Gasteiger charge is -2.46. The number of ether oxygens (including phenoxy) is 8. The molecule has 0 amide bonds. The van der Waals surface area contributed by atoms with Gasteiger partial charge in [-0.2, -0.15) is 0 Å². The highest BCUT2D eigenvalue weighted by molar-refractivity contribution is 7.44. The number of hydrogen-bond acceptors (Lipinski definition) is 14. The zero-order valence-corrected chi connectivity index (χ0v) is 43.8. The van der Waals surface area contributed by atoms with Crippen molar-refractivity contribution in [2.24, 2.45) is 0 Å². The van der Waals surface area contributed by atoms with Crippen molar-refractivity contribution in [2.45, 2.75) is 76.1 Å². The molecule has 6 unspecified atom stereocenters. The topological polar surface area (TPSA) is 151 Å².